The molecule has 2 amide bonds. The first kappa shape index (κ1) is 20.9. The van der Waals surface area contributed by atoms with Gasteiger partial charge in [-0.25, -0.2) is 0 Å². The number of hydrogen-bond acceptors (Lipinski definition) is 3. The van der Waals surface area contributed by atoms with Gasteiger partial charge in [-0.15, -0.1) is 0 Å². The van der Waals surface area contributed by atoms with Crippen LogP contribution in [0.4, 0.5) is 5.69 Å². The number of hydrogen-bond donors (Lipinski definition) is 1. The molecular formula is C24H30N2O3. The molecule has 154 valence electrons. The monoisotopic (exact) mass is 394 g/mol. The van der Waals surface area contributed by atoms with E-state index in [0.29, 0.717) is 19.1 Å². The van der Waals surface area contributed by atoms with Crippen molar-refractivity contribution in [2.75, 3.05) is 11.5 Å². The van der Waals surface area contributed by atoms with Crippen molar-refractivity contribution in [1.29, 1.82) is 0 Å². The van der Waals surface area contributed by atoms with Gasteiger partial charge < -0.3 is 15.0 Å². The molecule has 2 aromatic rings. The van der Waals surface area contributed by atoms with Gasteiger partial charge in [0.25, 0.3) is 5.91 Å². The van der Waals surface area contributed by atoms with Gasteiger partial charge in [0.15, 0.2) is 0 Å². The van der Waals surface area contributed by atoms with Crippen LogP contribution >= 0.6 is 0 Å². The number of nitrogens with zero attached hydrogens (tertiary/aromatic N) is 1. The Kier molecular flexibility index (Phi) is 6.26. The van der Waals surface area contributed by atoms with Crippen molar-refractivity contribution in [3.63, 3.8) is 0 Å². The molecular weight excluding hydrogens is 364 g/mol. The van der Waals surface area contributed by atoms with Gasteiger partial charge in [-0.1, -0.05) is 38.1 Å². The topological polar surface area (TPSA) is 58.6 Å². The van der Waals surface area contributed by atoms with Gasteiger partial charge in [0, 0.05) is 12.5 Å². The maximum absolute atomic E-state index is 13.2. The summed E-state index contributed by atoms with van der Waals surface area (Å²) in [6, 6.07) is 11.3. The number of ether oxygens (including phenoxy) is 1. The summed E-state index contributed by atoms with van der Waals surface area (Å²) in [5, 5.41) is 2.82. The summed E-state index contributed by atoms with van der Waals surface area (Å²) in [6.07, 6.45) is 1.02. The van der Waals surface area contributed by atoms with Crippen molar-refractivity contribution in [2.45, 2.75) is 53.6 Å². The molecule has 0 radical (unpaired) electrons. The standard InChI is InChI=1S/C24H30N2O3/c1-15(2)12-13-29-20-10-8-19(9-11-20)14-26-23-17(4)7-6-16(3)21(23)22(24(26)28)25-18(5)27/h6-11,15,22H,12-14H2,1-5H3,(H,25,27)/t22-/m1/s1. The number of fused-ring (bicyclic) bond motifs is 1. The lowest BCUT2D eigenvalue weighted by Gasteiger charge is -2.20. The summed E-state index contributed by atoms with van der Waals surface area (Å²) in [6.45, 7) is 10.9. The molecule has 1 aliphatic heterocycles. The second-order valence-electron chi connectivity index (χ2n) is 8.19. The molecule has 29 heavy (non-hydrogen) atoms. The summed E-state index contributed by atoms with van der Waals surface area (Å²) >= 11 is 0. The number of benzene rings is 2. The maximum Gasteiger partial charge on any atom is 0.254 e. The fraction of sp³-hybridized carbons (Fsp3) is 0.417. The van der Waals surface area contributed by atoms with Crippen molar-refractivity contribution in [3.8, 4) is 5.75 Å². The molecule has 1 atom stereocenters. The van der Waals surface area contributed by atoms with E-state index in [-0.39, 0.29) is 11.8 Å². The van der Waals surface area contributed by atoms with Crippen molar-refractivity contribution in [2.24, 2.45) is 5.92 Å². The van der Waals surface area contributed by atoms with Gasteiger partial charge >= 0.3 is 0 Å². The fourth-order valence-electron chi connectivity index (χ4n) is 3.71. The van der Waals surface area contributed by atoms with Crippen LogP contribution in [0.2, 0.25) is 0 Å². The van der Waals surface area contributed by atoms with Crippen LogP contribution in [0, 0.1) is 19.8 Å². The predicted octanol–water partition coefficient (Wildman–Crippen LogP) is 4.45. The van der Waals surface area contributed by atoms with Crippen LogP contribution in [-0.2, 0) is 16.1 Å². The van der Waals surface area contributed by atoms with E-state index in [0.717, 1.165) is 40.1 Å². The maximum atomic E-state index is 13.2. The van der Waals surface area contributed by atoms with Crippen molar-refractivity contribution in [3.05, 3.63) is 58.7 Å². The number of anilines is 1. The largest absolute Gasteiger partial charge is 0.494 e. The van der Waals surface area contributed by atoms with Crippen molar-refractivity contribution >= 4 is 17.5 Å². The third-order valence-corrected chi connectivity index (χ3v) is 5.28. The van der Waals surface area contributed by atoms with Crippen molar-refractivity contribution in [1.82, 2.24) is 5.32 Å². The molecule has 1 N–H and O–H groups in total. The molecule has 0 aromatic heterocycles. The number of carbonyl (C=O) groups excluding carboxylic acids is 2. The Labute approximate surface area is 173 Å². The van der Waals surface area contributed by atoms with E-state index in [2.05, 4.69) is 19.2 Å². The summed E-state index contributed by atoms with van der Waals surface area (Å²) < 4.78 is 5.79. The van der Waals surface area contributed by atoms with Gasteiger partial charge in [-0.3, -0.25) is 9.59 Å². The first-order chi connectivity index (χ1) is 13.8. The van der Waals surface area contributed by atoms with Gasteiger partial charge in [0.2, 0.25) is 5.91 Å². The van der Waals surface area contributed by atoms with Crippen LogP contribution in [0.25, 0.3) is 0 Å². The highest BCUT2D eigenvalue weighted by molar-refractivity contribution is 6.07. The third kappa shape index (κ3) is 4.61. The molecule has 1 heterocycles. The van der Waals surface area contributed by atoms with Gasteiger partial charge in [-0.2, -0.15) is 0 Å². The lowest BCUT2D eigenvalue weighted by atomic mass is 9.99. The smallest absolute Gasteiger partial charge is 0.254 e. The van der Waals surface area contributed by atoms with E-state index in [1.807, 2.05) is 50.2 Å². The Morgan fingerprint density at radius 3 is 2.38 bits per heavy atom. The minimum atomic E-state index is -0.624. The molecule has 0 aliphatic carbocycles. The first-order valence-electron chi connectivity index (χ1n) is 10.2. The van der Waals surface area contributed by atoms with E-state index in [4.69, 9.17) is 4.74 Å². The van der Waals surface area contributed by atoms with Crippen LogP contribution in [0.3, 0.4) is 0 Å². The number of amides is 2. The van der Waals surface area contributed by atoms with Crippen LogP contribution in [0.5, 0.6) is 5.75 Å². The molecule has 5 heteroatoms. The Hall–Kier alpha value is -2.82. The zero-order valence-electron chi connectivity index (χ0n) is 17.9. The second-order valence-corrected chi connectivity index (χ2v) is 8.19. The molecule has 0 unspecified atom stereocenters. The number of nitrogens with one attached hydrogen (secondary N) is 1. The third-order valence-electron chi connectivity index (χ3n) is 5.28. The predicted molar refractivity (Wildman–Crippen MR) is 115 cm³/mol. The zero-order valence-corrected chi connectivity index (χ0v) is 17.9. The number of carbonyl (C=O) groups is 2. The van der Waals surface area contributed by atoms with Crippen LogP contribution in [0.15, 0.2) is 36.4 Å². The summed E-state index contributed by atoms with van der Waals surface area (Å²) in [5.74, 6) is 1.15. The highest BCUT2D eigenvalue weighted by Gasteiger charge is 2.39. The highest BCUT2D eigenvalue weighted by Crippen LogP contribution is 2.41. The molecule has 1 aliphatic rings. The normalized spacial score (nSPS) is 15.6. The Bertz CT molecular complexity index is 903. The van der Waals surface area contributed by atoms with Crippen LogP contribution in [0.1, 0.15) is 55.5 Å². The summed E-state index contributed by atoms with van der Waals surface area (Å²) in [5.41, 5.74) is 4.87. The molecule has 0 saturated carbocycles. The minimum Gasteiger partial charge on any atom is -0.494 e. The lowest BCUT2D eigenvalue weighted by molar-refractivity contribution is -0.126. The Morgan fingerprint density at radius 2 is 1.76 bits per heavy atom. The molecule has 0 fully saturated rings. The van der Waals surface area contributed by atoms with E-state index >= 15 is 0 Å². The first-order valence-corrected chi connectivity index (χ1v) is 10.2. The lowest BCUT2D eigenvalue weighted by Crippen LogP contribution is -2.36. The number of aryl methyl sites for hydroxylation is 2. The van der Waals surface area contributed by atoms with Crippen LogP contribution < -0.4 is 15.0 Å². The molecule has 2 aromatic carbocycles. The summed E-state index contributed by atoms with van der Waals surface area (Å²) in [4.78, 5) is 26.6. The minimum absolute atomic E-state index is 0.0927. The summed E-state index contributed by atoms with van der Waals surface area (Å²) in [7, 11) is 0. The highest BCUT2D eigenvalue weighted by atomic mass is 16.5. The number of rotatable bonds is 7. The molecule has 0 spiro atoms. The van der Waals surface area contributed by atoms with E-state index in [1.165, 1.54) is 6.92 Å². The molecule has 0 saturated heterocycles. The molecule has 3 rings (SSSR count). The van der Waals surface area contributed by atoms with Gasteiger partial charge in [-0.05, 0) is 55.0 Å². The second kappa shape index (κ2) is 8.68. The van der Waals surface area contributed by atoms with E-state index in [9.17, 15) is 9.59 Å². The average Bonchev–Trinajstić information content (AvgIpc) is 2.92. The SMILES string of the molecule is CC(=O)N[C@H]1C(=O)N(Cc2ccc(OCCC(C)C)cc2)c2c(C)ccc(C)c21. The zero-order chi connectivity index (χ0) is 21.1. The quantitative estimate of drug-likeness (QED) is 0.755. The fourth-order valence-corrected chi connectivity index (χ4v) is 3.71. The van der Waals surface area contributed by atoms with Gasteiger partial charge in [0.1, 0.15) is 11.8 Å². The molecule has 5 nitrogen and oxygen atoms in total. The Balaban J connectivity index is 1.82. The van der Waals surface area contributed by atoms with Gasteiger partial charge in [0.05, 0.1) is 18.8 Å². The van der Waals surface area contributed by atoms with E-state index < -0.39 is 6.04 Å². The molecule has 0 bridgehead atoms. The van der Waals surface area contributed by atoms with Crippen LogP contribution in [-0.4, -0.2) is 18.4 Å². The van der Waals surface area contributed by atoms with E-state index in [1.54, 1.807) is 4.90 Å². The van der Waals surface area contributed by atoms with Crippen molar-refractivity contribution < 1.29 is 14.3 Å². The Morgan fingerprint density at radius 1 is 1.10 bits per heavy atom. The average molecular weight is 395 g/mol.